The summed E-state index contributed by atoms with van der Waals surface area (Å²) in [6, 6.07) is 0. The van der Waals surface area contributed by atoms with Gasteiger partial charge in [-0.2, -0.15) is 0 Å². The third kappa shape index (κ3) is 17.6. The molecule has 0 saturated carbocycles. The molecule has 66 valence electrons. The molecule has 3 nitrogen and oxygen atoms in total. The maximum absolute atomic E-state index is 10.0. The van der Waals surface area contributed by atoms with Gasteiger partial charge in [0.1, 0.15) is 0 Å². The molecule has 3 heteroatoms. The first kappa shape index (κ1) is 12.8. The van der Waals surface area contributed by atoms with Crippen LogP contribution in [0.2, 0.25) is 0 Å². The summed E-state index contributed by atoms with van der Waals surface area (Å²) >= 11 is 0. The lowest BCUT2D eigenvalue weighted by Crippen LogP contribution is -2.05. The molecule has 0 aromatic rings. The van der Waals surface area contributed by atoms with Gasteiger partial charge in [0, 0.05) is 12.7 Å². The minimum atomic E-state index is -0.435. The minimum absolute atomic E-state index is 0.435. The molecule has 0 spiro atoms. The van der Waals surface area contributed by atoms with Crippen LogP contribution in [0.3, 0.4) is 0 Å². The van der Waals surface area contributed by atoms with E-state index in [9.17, 15) is 4.79 Å². The highest BCUT2D eigenvalue weighted by Crippen LogP contribution is 1.75. The second-order valence-corrected chi connectivity index (χ2v) is 1.46. The first-order valence-electron chi connectivity index (χ1n) is 3.81. The molecular weight excluding hydrogens is 142 g/mol. The van der Waals surface area contributed by atoms with Crippen molar-refractivity contribution in [2.45, 2.75) is 20.8 Å². The zero-order valence-corrected chi connectivity index (χ0v) is 7.46. The highest BCUT2D eigenvalue weighted by atomic mass is 16.5. The lowest BCUT2D eigenvalue weighted by Gasteiger charge is -1.90. The number of primary amides is 1. The van der Waals surface area contributed by atoms with Gasteiger partial charge in [-0.15, -0.1) is 0 Å². The van der Waals surface area contributed by atoms with E-state index in [2.05, 4.69) is 0 Å². The Labute approximate surface area is 68.2 Å². The first-order chi connectivity index (χ1) is 5.27. The van der Waals surface area contributed by atoms with Gasteiger partial charge in [0.05, 0.1) is 6.61 Å². The van der Waals surface area contributed by atoms with Crippen LogP contribution in [-0.4, -0.2) is 19.1 Å². The number of ether oxygens (including phenoxy) is 1. The number of nitrogens with two attached hydrogens (primary N) is 1. The molecule has 0 unspecified atom stereocenters. The second-order valence-electron chi connectivity index (χ2n) is 1.46. The Morgan fingerprint density at radius 2 is 2.09 bits per heavy atom. The van der Waals surface area contributed by atoms with Crippen molar-refractivity contribution in [1.29, 1.82) is 0 Å². The van der Waals surface area contributed by atoms with Crippen molar-refractivity contribution in [3.05, 3.63) is 12.2 Å². The summed E-state index contributed by atoms with van der Waals surface area (Å²) in [5.41, 5.74) is 4.79. The van der Waals surface area contributed by atoms with Gasteiger partial charge < -0.3 is 10.5 Å². The molecule has 0 bridgehead atoms. The van der Waals surface area contributed by atoms with Crippen molar-refractivity contribution < 1.29 is 9.53 Å². The van der Waals surface area contributed by atoms with E-state index in [0.29, 0.717) is 13.2 Å². The summed E-state index contributed by atoms with van der Waals surface area (Å²) in [6.45, 7) is 7.00. The number of rotatable bonds is 4. The largest absolute Gasteiger partial charge is 0.378 e. The van der Waals surface area contributed by atoms with Gasteiger partial charge in [0.25, 0.3) is 0 Å². The molecule has 11 heavy (non-hydrogen) atoms. The van der Waals surface area contributed by atoms with E-state index in [1.54, 1.807) is 6.08 Å². The average molecular weight is 159 g/mol. The number of hydrogen-bond acceptors (Lipinski definition) is 2. The topological polar surface area (TPSA) is 52.3 Å². The van der Waals surface area contributed by atoms with Crippen LogP contribution in [0.25, 0.3) is 0 Å². The van der Waals surface area contributed by atoms with Crippen LogP contribution >= 0.6 is 0 Å². The van der Waals surface area contributed by atoms with Crippen LogP contribution in [-0.2, 0) is 9.53 Å². The Kier molecular flexibility index (Phi) is 13.9. The standard InChI is InChI=1S/C6H11NO2.C2H6/c1-2-9-5-3-4-6(7)8;1-2/h3-4H,2,5H2,1H3,(H2,7,8);1-2H3/b4-3+;. The number of carbonyl (C=O) groups excluding carboxylic acids is 1. The summed E-state index contributed by atoms with van der Waals surface area (Å²) in [6.07, 6.45) is 2.88. The van der Waals surface area contributed by atoms with E-state index in [-0.39, 0.29) is 0 Å². The zero-order valence-electron chi connectivity index (χ0n) is 7.46. The fraction of sp³-hybridized carbons (Fsp3) is 0.625. The maximum Gasteiger partial charge on any atom is 0.241 e. The summed E-state index contributed by atoms with van der Waals surface area (Å²) in [7, 11) is 0. The number of hydrogen-bond donors (Lipinski definition) is 1. The van der Waals surface area contributed by atoms with Crippen molar-refractivity contribution >= 4 is 5.91 Å². The molecule has 0 aliphatic carbocycles. The smallest absolute Gasteiger partial charge is 0.241 e. The molecule has 0 aromatic carbocycles. The van der Waals surface area contributed by atoms with Crippen LogP contribution in [0, 0.1) is 0 Å². The van der Waals surface area contributed by atoms with Crippen LogP contribution in [0.4, 0.5) is 0 Å². The molecular formula is C8H17NO2. The van der Waals surface area contributed by atoms with Crippen LogP contribution in [0.1, 0.15) is 20.8 Å². The molecule has 2 N–H and O–H groups in total. The maximum atomic E-state index is 10.0. The highest BCUT2D eigenvalue weighted by Gasteiger charge is 1.80. The van der Waals surface area contributed by atoms with Gasteiger partial charge in [0.15, 0.2) is 0 Å². The van der Waals surface area contributed by atoms with Crippen molar-refractivity contribution in [2.75, 3.05) is 13.2 Å². The lowest BCUT2D eigenvalue weighted by atomic mass is 10.5. The third-order valence-electron chi connectivity index (χ3n) is 0.700. The van der Waals surface area contributed by atoms with Crippen molar-refractivity contribution in [2.24, 2.45) is 5.73 Å². The third-order valence-corrected chi connectivity index (χ3v) is 0.700. The van der Waals surface area contributed by atoms with Crippen LogP contribution < -0.4 is 5.73 Å². The van der Waals surface area contributed by atoms with E-state index in [1.807, 2.05) is 20.8 Å². The van der Waals surface area contributed by atoms with Crippen LogP contribution in [0.5, 0.6) is 0 Å². The molecule has 0 fully saturated rings. The van der Waals surface area contributed by atoms with Gasteiger partial charge >= 0.3 is 0 Å². The van der Waals surface area contributed by atoms with Gasteiger partial charge in [-0.1, -0.05) is 19.9 Å². The van der Waals surface area contributed by atoms with Crippen molar-refractivity contribution in [3.63, 3.8) is 0 Å². The monoisotopic (exact) mass is 159 g/mol. The zero-order chi connectivity index (χ0) is 9.11. The average Bonchev–Trinajstić information content (AvgIpc) is 2.02. The molecule has 0 radical (unpaired) electrons. The molecule has 0 heterocycles. The summed E-state index contributed by atoms with van der Waals surface area (Å²) < 4.78 is 4.89. The molecule has 0 saturated heterocycles. The van der Waals surface area contributed by atoms with Gasteiger partial charge in [0.2, 0.25) is 5.91 Å². The molecule has 0 atom stereocenters. The highest BCUT2D eigenvalue weighted by molar-refractivity contribution is 5.85. The Bertz CT molecular complexity index is 111. The Morgan fingerprint density at radius 3 is 2.45 bits per heavy atom. The predicted octanol–water partition coefficient (Wildman–Crippen LogP) is 1.09. The molecule has 0 aromatic heterocycles. The Hall–Kier alpha value is -0.830. The van der Waals surface area contributed by atoms with Crippen molar-refractivity contribution in [1.82, 2.24) is 0 Å². The van der Waals surface area contributed by atoms with Crippen LogP contribution in [0.15, 0.2) is 12.2 Å². The van der Waals surface area contributed by atoms with Gasteiger partial charge in [-0.3, -0.25) is 4.79 Å². The molecule has 0 aliphatic rings. The fourth-order valence-corrected chi connectivity index (χ4v) is 0.350. The Balaban J connectivity index is 0. The molecule has 1 amide bonds. The lowest BCUT2D eigenvalue weighted by molar-refractivity contribution is -0.113. The van der Waals surface area contributed by atoms with E-state index >= 15 is 0 Å². The van der Waals surface area contributed by atoms with E-state index in [0.717, 1.165) is 0 Å². The predicted molar refractivity (Wildman–Crippen MR) is 46.2 cm³/mol. The van der Waals surface area contributed by atoms with E-state index in [4.69, 9.17) is 10.5 Å². The summed E-state index contributed by atoms with van der Waals surface area (Å²) in [4.78, 5) is 10.0. The molecule has 0 aliphatic heterocycles. The minimum Gasteiger partial charge on any atom is -0.378 e. The number of carbonyl (C=O) groups is 1. The quantitative estimate of drug-likeness (QED) is 0.493. The normalized spacial score (nSPS) is 9.00. The first-order valence-corrected chi connectivity index (χ1v) is 3.81. The number of amides is 1. The van der Waals surface area contributed by atoms with Gasteiger partial charge in [-0.25, -0.2) is 0 Å². The van der Waals surface area contributed by atoms with E-state index in [1.165, 1.54) is 6.08 Å². The van der Waals surface area contributed by atoms with E-state index < -0.39 is 5.91 Å². The summed E-state index contributed by atoms with van der Waals surface area (Å²) in [5.74, 6) is -0.435. The summed E-state index contributed by atoms with van der Waals surface area (Å²) in [5, 5.41) is 0. The molecule has 0 rings (SSSR count). The fourth-order valence-electron chi connectivity index (χ4n) is 0.350. The SMILES string of the molecule is CC.CCOC/C=C/C(N)=O. The second kappa shape index (κ2) is 11.9. The van der Waals surface area contributed by atoms with Crippen molar-refractivity contribution in [3.8, 4) is 0 Å². The van der Waals surface area contributed by atoms with Gasteiger partial charge in [-0.05, 0) is 6.92 Å². The Morgan fingerprint density at radius 1 is 1.55 bits per heavy atom.